The molecule has 1 saturated carbocycles. The van der Waals surface area contributed by atoms with Gasteiger partial charge in [0.2, 0.25) is 11.7 Å². The van der Waals surface area contributed by atoms with Crippen molar-refractivity contribution in [2.45, 2.75) is 51.1 Å². The Hall–Kier alpha value is -2.18. The second kappa shape index (κ2) is 5.72. The van der Waals surface area contributed by atoms with Crippen LogP contribution in [0.15, 0.2) is 12.3 Å². The molecule has 3 aliphatic rings. The molecule has 0 radical (unpaired) electrons. The predicted molar refractivity (Wildman–Crippen MR) is 88.8 cm³/mol. The van der Waals surface area contributed by atoms with Gasteiger partial charge in [0, 0.05) is 43.4 Å². The van der Waals surface area contributed by atoms with Gasteiger partial charge in [-0.1, -0.05) is 0 Å². The number of anilines is 1. The Balaban J connectivity index is 1.58. The maximum Gasteiger partial charge on any atom is 0.314 e. The van der Waals surface area contributed by atoms with Gasteiger partial charge in [-0.15, -0.1) is 0 Å². The Morgan fingerprint density at radius 2 is 2.08 bits per heavy atom. The van der Waals surface area contributed by atoms with Gasteiger partial charge >= 0.3 is 5.69 Å². The Kier molecular flexibility index (Phi) is 3.66. The van der Waals surface area contributed by atoms with Crippen LogP contribution in [-0.2, 0) is 4.79 Å². The third-order valence-electron chi connectivity index (χ3n) is 5.60. The summed E-state index contributed by atoms with van der Waals surface area (Å²) in [6, 6.07) is 2.44. The Morgan fingerprint density at radius 3 is 2.79 bits per heavy atom. The number of amides is 1. The van der Waals surface area contributed by atoms with Gasteiger partial charge in [-0.3, -0.25) is 14.9 Å². The summed E-state index contributed by atoms with van der Waals surface area (Å²) in [4.78, 5) is 31.9. The molecule has 0 N–H and O–H groups in total. The Morgan fingerprint density at radius 1 is 1.29 bits per heavy atom. The maximum atomic E-state index is 12.3. The zero-order valence-electron chi connectivity index (χ0n) is 13.9. The number of carbonyl (C=O) groups is 1. The fourth-order valence-electron chi connectivity index (χ4n) is 4.31. The van der Waals surface area contributed by atoms with Gasteiger partial charge in [-0.25, -0.2) is 4.98 Å². The fourth-order valence-corrected chi connectivity index (χ4v) is 4.31. The highest BCUT2D eigenvalue weighted by atomic mass is 16.6. The third-order valence-corrected chi connectivity index (χ3v) is 5.60. The number of nitro groups is 1. The van der Waals surface area contributed by atoms with E-state index >= 15 is 0 Å². The van der Waals surface area contributed by atoms with Gasteiger partial charge in [0.25, 0.3) is 0 Å². The van der Waals surface area contributed by atoms with Crippen molar-refractivity contribution in [3.63, 3.8) is 0 Å². The lowest BCUT2D eigenvalue weighted by Gasteiger charge is -2.47. The lowest BCUT2D eigenvalue weighted by atomic mass is 9.83. The van der Waals surface area contributed by atoms with E-state index in [-0.39, 0.29) is 10.6 Å². The summed E-state index contributed by atoms with van der Waals surface area (Å²) in [6.45, 7) is 3.22. The summed E-state index contributed by atoms with van der Waals surface area (Å²) < 4.78 is 0. The number of aromatic nitrogens is 1. The van der Waals surface area contributed by atoms with Gasteiger partial charge in [0.15, 0.2) is 0 Å². The van der Waals surface area contributed by atoms with E-state index in [0.29, 0.717) is 41.7 Å². The smallest absolute Gasteiger partial charge is 0.314 e. The van der Waals surface area contributed by atoms with Crippen LogP contribution in [-0.4, -0.2) is 45.9 Å². The van der Waals surface area contributed by atoms with E-state index in [4.69, 9.17) is 0 Å². The van der Waals surface area contributed by atoms with Crippen LogP contribution in [0.4, 0.5) is 11.5 Å². The lowest BCUT2D eigenvalue weighted by molar-refractivity contribution is -0.384. The topological polar surface area (TPSA) is 79.6 Å². The van der Waals surface area contributed by atoms with Crippen molar-refractivity contribution in [1.29, 1.82) is 0 Å². The number of fused-ring (bicyclic) bond motifs is 1. The molecule has 3 heterocycles. The minimum atomic E-state index is -0.329. The van der Waals surface area contributed by atoms with Crippen molar-refractivity contribution in [2.24, 2.45) is 5.92 Å². The molecular weight excluding hydrogens is 308 g/mol. The average Bonchev–Trinajstić information content (AvgIpc) is 3.38. The first kappa shape index (κ1) is 15.4. The quantitative estimate of drug-likeness (QED) is 0.627. The fraction of sp³-hybridized carbons (Fsp3) is 0.647. The van der Waals surface area contributed by atoms with Crippen LogP contribution in [0.2, 0.25) is 0 Å². The molecule has 0 bridgehead atoms. The van der Waals surface area contributed by atoms with Gasteiger partial charge in [-0.05, 0) is 44.6 Å². The number of piperidine rings is 2. The molecule has 128 valence electrons. The van der Waals surface area contributed by atoms with E-state index in [2.05, 4.69) is 9.88 Å². The van der Waals surface area contributed by atoms with Crippen LogP contribution in [0.3, 0.4) is 0 Å². The van der Waals surface area contributed by atoms with Crippen molar-refractivity contribution in [3.8, 4) is 0 Å². The normalized spacial score (nSPS) is 27.1. The third kappa shape index (κ3) is 2.52. The highest BCUT2D eigenvalue weighted by Gasteiger charge is 2.45. The second-order valence-corrected chi connectivity index (χ2v) is 7.19. The van der Waals surface area contributed by atoms with E-state index in [1.165, 1.54) is 0 Å². The van der Waals surface area contributed by atoms with Crippen molar-refractivity contribution in [3.05, 3.63) is 27.9 Å². The van der Waals surface area contributed by atoms with Crippen LogP contribution in [0.25, 0.3) is 0 Å². The standard InChI is InChI=1S/C17H22N4O3/c1-11-6-8-18-17(16(11)21(23)24)19-9-7-14-12(10-19)2-5-15(22)20(14)13-3-4-13/h6,8,12-14H,2-5,7,9-10H2,1H3/t12-,14+/m0/s1. The largest absolute Gasteiger partial charge is 0.350 e. The average molecular weight is 330 g/mol. The lowest BCUT2D eigenvalue weighted by Crippen LogP contribution is -2.57. The molecule has 1 aromatic rings. The van der Waals surface area contributed by atoms with Crippen molar-refractivity contribution in [2.75, 3.05) is 18.0 Å². The summed E-state index contributed by atoms with van der Waals surface area (Å²) in [5.41, 5.74) is 0.757. The molecule has 24 heavy (non-hydrogen) atoms. The molecule has 7 nitrogen and oxygen atoms in total. The molecule has 2 atom stereocenters. The summed E-state index contributed by atoms with van der Waals surface area (Å²) in [5.74, 6) is 1.17. The summed E-state index contributed by atoms with van der Waals surface area (Å²) in [6.07, 6.45) is 6.26. The first-order valence-electron chi connectivity index (χ1n) is 8.72. The van der Waals surface area contributed by atoms with Gasteiger partial charge in [0.1, 0.15) is 0 Å². The first-order valence-corrected chi connectivity index (χ1v) is 8.72. The molecule has 1 aliphatic carbocycles. The van der Waals surface area contributed by atoms with E-state index in [9.17, 15) is 14.9 Å². The van der Waals surface area contributed by atoms with Gasteiger partial charge in [0.05, 0.1) is 4.92 Å². The van der Waals surface area contributed by atoms with Crippen LogP contribution in [0.1, 0.15) is 37.7 Å². The number of hydrogen-bond donors (Lipinski definition) is 0. The number of carbonyl (C=O) groups excluding carboxylic acids is 1. The predicted octanol–water partition coefficient (Wildman–Crippen LogP) is 2.28. The number of rotatable bonds is 3. The first-order chi connectivity index (χ1) is 11.6. The molecule has 4 rings (SSSR count). The Bertz CT molecular complexity index is 688. The molecule has 1 aromatic heterocycles. The summed E-state index contributed by atoms with van der Waals surface area (Å²) >= 11 is 0. The number of aryl methyl sites for hydroxylation is 1. The number of pyridine rings is 1. The van der Waals surface area contributed by atoms with Crippen molar-refractivity contribution < 1.29 is 9.72 Å². The molecule has 3 fully saturated rings. The molecule has 2 saturated heterocycles. The van der Waals surface area contributed by atoms with Crippen LogP contribution >= 0.6 is 0 Å². The SMILES string of the molecule is Cc1ccnc(N2CC[C@@H]3[C@@H](CCC(=O)N3C3CC3)C2)c1[N+](=O)[O-]. The van der Waals surface area contributed by atoms with Gasteiger partial charge in [-0.2, -0.15) is 0 Å². The van der Waals surface area contributed by atoms with E-state index in [1.807, 2.05) is 4.90 Å². The van der Waals surface area contributed by atoms with E-state index in [1.54, 1.807) is 19.2 Å². The molecular formula is C17H22N4O3. The number of nitrogens with zero attached hydrogens (tertiary/aromatic N) is 4. The van der Waals surface area contributed by atoms with Crippen LogP contribution in [0, 0.1) is 23.0 Å². The molecule has 7 heteroatoms. The summed E-state index contributed by atoms with van der Waals surface area (Å²) in [7, 11) is 0. The van der Waals surface area contributed by atoms with Crippen molar-refractivity contribution >= 4 is 17.4 Å². The minimum Gasteiger partial charge on any atom is -0.350 e. The highest BCUT2D eigenvalue weighted by molar-refractivity contribution is 5.78. The monoisotopic (exact) mass is 330 g/mol. The number of hydrogen-bond acceptors (Lipinski definition) is 5. The summed E-state index contributed by atoms with van der Waals surface area (Å²) in [5, 5.41) is 11.4. The Labute approximate surface area is 140 Å². The molecule has 0 unspecified atom stereocenters. The molecule has 0 aromatic carbocycles. The zero-order chi connectivity index (χ0) is 16.8. The van der Waals surface area contributed by atoms with Crippen LogP contribution in [0.5, 0.6) is 0 Å². The maximum absolute atomic E-state index is 12.3. The van der Waals surface area contributed by atoms with E-state index in [0.717, 1.165) is 38.8 Å². The molecule has 1 amide bonds. The molecule has 0 spiro atoms. The van der Waals surface area contributed by atoms with E-state index < -0.39 is 0 Å². The molecule has 2 aliphatic heterocycles. The number of likely N-dealkylation sites (tertiary alicyclic amines) is 1. The van der Waals surface area contributed by atoms with Gasteiger partial charge < -0.3 is 9.80 Å². The van der Waals surface area contributed by atoms with Crippen LogP contribution < -0.4 is 4.90 Å². The second-order valence-electron chi connectivity index (χ2n) is 7.19. The highest BCUT2D eigenvalue weighted by Crippen LogP contribution is 2.40. The van der Waals surface area contributed by atoms with Crippen molar-refractivity contribution in [1.82, 2.24) is 9.88 Å². The minimum absolute atomic E-state index is 0.113. The zero-order valence-corrected chi connectivity index (χ0v) is 13.9.